The third kappa shape index (κ3) is 14.0. The number of hydrogen-bond acceptors (Lipinski definition) is 2. The molecule has 18 heavy (non-hydrogen) atoms. The molecule has 0 radical (unpaired) electrons. The molecule has 0 aromatic carbocycles. The Morgan fingerprint density at radius 3 is 2.44 bits per heavy atom. The summed E-state index contributed by atoms with van der Waals surface area (Å²) in [4.78, 5) is 4.50. The molecular formula is C13H30IN3O. The van der Waals surface area contributed by atoms with E-state index in [4.69, 9.17) is 4.74 Å². The number of nitrogens with zero attached hydrogens (tertiary/aromatic N) is 1. The van der Waals surface area contributed by atoms with Gasteiger partial charge in [-0.3, -0.25) is 4.99 Å². The molecule has 4 nitrogen and oxygen atoms in total. The van der Waals surface area contributed by atoms with Crippen molar-refractivity contribution in [1.29, 1.82) is 0 Å². The van der Waals surface area contributed by atoms with Crippen molar-refractivity contribution < 1.29 is 4.74 Å². The van der Waals surface area contributed by atoms with Crippen molar-refractivity contribution in [2.45, 2.75) is 53.1 Å². The summed E-state index contributed by atoms with van der Waals surface area (Å²) in [5, 5.41) is 6.56. The lowest BCUT2D eigenvalue weighted by molar-refractivity contribution is 0.0782. The molecular weight excluding hydrogens is 341 g/mol. The maximum absolute atomic E-state index is 5.47. The van der Waals surface area contributed by atoms with E-state index < -0.39 is 0 Å². The second kappa shape index (κ2) is 15.0. The van der Waals surface area contributed by atoms with Crippen LogP contribution >= 0.6 is 24.0 Å². The number of ether oxygens (including phenoxy) is 1. The quantitative estimate of drug-likeness (QED) is 0.284. The first-order chi connectivity index (χ1) is 8.20. The van der Waals surface area contributed by atoms with E-state index in [0.29, 0.717) is 6.10 Å². The van der Waals surface area contributed by atoms with Gasteiger partial charge in [0, 0.05) is 26.2 Å². The second-order valence-electron chi connectivity index (χ2n) is 4.31. The first-order valence-corrected chi connectivity index (χ1v) is 6.84. The number of halogens is 1. The number of rotatable bonds is 9. The largest absolute Gasteiger partial charge is 0.379 e. The van der Waals surface area contributed by atoms with Gasteiger partial charge in [0.2, 0.25) is 0 Å². The summed E-state index contributed by atoms with van der Waals surface area (Å²) in [5.41, 5.74) is 0. The SMILES string of the molecule is CCCCNC(=NCCCOC(C)C)NCC.I. The van der Waals surface area contributed by atoms with Crippen molar-refractivity contribution >= 4 is 29.9 Å². The van der Waals surface area contributed by atoms with Crippen molar-refractivity contribution in [1.82, 2.24) is 10.6 Å². The van der Waals surface area contributed by atoms with Crippen molar-refractivity contribution in [3.8, 4) is 0 Å². The number of aliphatic imine (C=N–C) groups is 1. The Hall–Kier alpha value is -0.0400. The van der Waals surface area contributed by atoms with E-state index in [2.05, 4.69) is 43.3 Å². The fourth-order valence-electron chi connectivity index (χ4n) is 1.30. The van der Waals surface area contributed by atoms with Crippen LogP contribution in [0.4, 0.5) is 0 Å². The smallest absolute Gasteiger partial charge is 0.191 e. The zero-order valence-electron chi connectivity index (χ0n) is 12.3. The van der Waals surface area contributed by atoms with Crippen LogP contribution < -0.4 is 10.6 Å². The van der Waals surface area contributed by atoms with Crippen molar-refractivity contribution in [2.75, 3.05) is 26.2 Å². The minimum atomic E-state index is 0. The summed E-state index contributed by atoms with van der Waals surface area (Å²) >= 11 is 0. The van der Waals surface area contributed by atoms with Crippen LogP contribution in [0.5, 0.6) is 0 Å². The van der Waals surface area contributed by atoms with E-state index in [9.17, 15) is 0 Å². The van der Waals surface area contributed by atoms with E-state index in [1.807, 2.05) is 0 Å². The van der Waals surface area contributed by atoms with Gasteiger partial charge in [0.05, 0.1) is 6.10 Å². The molecule has 0 aliphatic heterocycles. The standard InChI is InChI=1S/C13H29N3O.HI/c1-5-7-9-15-13(14-6-2)16-10-8-11-17-12(3)4;/h12H,5-11H2,1-4H3,(H2,14,15,16);1H. The molecule has 0 aliphatic rings. The van der Waals surface area contributed by atoms with Crippen LogP contribution in [0.2, 0.25) is 0 Å². The lowest BCUT2D eigenvalue weighted by Gasteiger charge is -2.11. The van der Waals surface area contributed by atoms with E-state index in [-0.39, 0.29) is 24.0 Å². The molecule has 0 unspecified atom stereocenters. The molecule has 110 valence electrons. The summed E-state index contributed by atoms with van der Waals surface area (Å²) in [6.07, 6.45) is 3.67. The lowest BCUT2D eigenvalue weighted by Crippen LogP contribution is -2.37. The second-order valence-corrected chi connectivity index (χ2v) is 4.31. The number of nitrogens with one attached hydrogen (secondary N) is 2. The summed E-state index contributed by atoms with van der Waals surface area (Å²) in [6.45, 7) is 11.9. The summed E-state index contributed by atoms with van der Waals surface area (Å²) in [7, 11) is 0. The predicted molar refractivity (Wildman–Crippen MR) is 90.0 cm³/mol. The first-order valence-electron chi connectivity index (χ1n) is 6.84. The highest BCUT2D eigenvalue weighted by atomic mass is 127. The predicted octanol–water partition coefficient (Wildman–Crippen LogP) is 2.77. The average Bonchev–Trinajstić information content (AvgIpc) is 2.28. The van der Waals surface area contributed by atoms with Crippen LogP contribution in [0, 0.1) is 0 Å². The fourth-order valence-corrected chi connectivity index (χ4v) is 1.30. The van der Waals surface area contributed by atoms with E-state index in [1.165, 1.54) is 12.8 Å². The zero-order valence-corrected chi connectivity index (χ0v) is 14.6. The molecule has 0 fully saturated rings. The maximum Gasteiger partial charge on any atom is 0.191 e. The molecule has 0 rings (SSSR count). The molecule has 0 saturated heterocycles. The Bertz CT molecular complexity index is 199. The summed E-state index contributed by atoms with van der Waals surface area (Å²) in [6, 6.07) is 0. The molecule has 0 bridgehead atoms. The van der Waals surface area contributed by atoms with Gasteiger partial charge < -0.3 is 15.4 Å². The van der Waals surface area contributed by atoms with Gasteiger partial charge in [-0.25, -0.2) is 0 Å². The average molecular weight is 371 g/mol. The Morgan fingerprint density at radius 1 is 1.17 bits per heavy atom. The number of unbranched alkanes of at least 4 members (excludes halogenated alkanes) is 1. The number of hydrogen-bond donors (Lipinski definition) is 2. The molecule has 0 saturated carbocycles. The highest BCUT2D eigenvalue weighted by Gasteiger charge is 1.96. The Balaban J connectivity index is 0. The third-order valence-electron chi connectivity index (χ3n) is 2.19. The highest BCUT2D eigenvalue weighted by molar-refractivity contribution is 14.0. The molecule has 0 spiro atoms. The Kier molecular flexibility index (Phi) is 16.9. The molecule has 0 amide bonds. The molecule has 0 heterocycles. The van der Waals surface area contributed by atoms with Crippen LogP contribution in [0.3, 0.4) is 0 Å². The Labute approximate surface area is 129 Å². The molecule has 0 atom stereocenters. The fraction of sp³-hybridized carbons (Fsp3) is 0.923. The van der Waals surface area contributed by atoms with E-state index in [1.54, 1.807) is 0 Å². The summed E-state index contributed by atoms with van der Waals surface area (Å²) < 4.78 is 5.47. The first kappa shape index (κ1) is 20.3. The molecule has 5 heteroatoms. The van der Waals surface area contributed by atoms with Crippen molar-refractivity contribution in [2.24, 2.45) is 4.99 Å². The lowest BCUT2D eigenvalue weighted by atomic mass is 10.3. The van der Waals surface area contributed by atoms with Gasteiger partial charge >= 0.3 is 0 Å². The van der Waals surface area contributed by atoms with Crippen LogP contribution in [-0.4, -0.2) is 38.3 Å². The van der Waals surface area contributed by atoms with Crippen molar-refractivity contribution in [3.63, 3.8) is 0 Å². The maximum atomic E-state index is 5.47. The topological polar surface area (TPSA) is 45.7 Å². The van der Waals surface area contributed by atoms with Crippen LogP contribution in [0.15, 0.2) is 4.99 Å². The summed E-state index contributed by atoms with van der Waals surface area (Å²) in [5.74, 6) is 0.922. The molecule has 0 aromatic heterocycles. The number of guanidine groups is 1. The highest BCUT2D eigenvalue weighted by Crippen LogP contribution is 1.91. The van der Waals surface area contributed by atoms with Crippen LogP contribution in [0.25, 0.3) is 0 Å². The van der Waals surface area contributed by atoms with Crippen LogP contribution in [0.1, 0.15) is 47.0 Å². The van der Waals surface area contributed by atoms with Gasteiger partial charge in [0.15, 0.2) is 5.96 Å². The van der Waals surface area contributed by atoms with Gasteiger partial charge in [-0.05, 0) is 33.6 Å². The minimum Gasteiger partial charge on any atom is -0.379 e. The monoisotopic (exact) mass is 371 g/mol. The minimum absolute atomic E-state index is 0. The van der Waals surface area contributed by atoms with Gasteiger partial charge in [-0.2, -0.15) is 0 Å². The molecule has 2 N–H and O–H groups in total. The van der Waals surface area contributed by atoms with Gasteiger partial charge in [-0.1, -0.05) is 13.3 Å². The Morgan fingerprint density at radius 2 is 1.89 bits per heavy atom. The normalized spacial score (nSPS) is 11.3. The zero-order chi connectivity index (χ0) is 12.9. The molecule has 0 aromatic rings. The van der Waals surface area contributed by atoms with E-state index in [0.717, 1.165) is 38.6 Å². The van der Waals surface area contributed by atoms with E-state index >= 15 is 0 Å². The van der Waals surface area contributed by atoms with Gasteiger partial charge in [0.25, 0.3) is 0 Å². The van der Waals surface area contributed by atoms with Gasteiger partial charge in [-0.15, -0.1) is 24.0 Å². The van der Waals surface area contributed by atoms with Crippen molar-refractivity contribution in [3.05, 3.63) is 0 Å². The third-order valence-corrected chi connectivity index (χ3v) is 2.19. The van der Waals surface area contributed by atoms with Gasteiger partial charge in [0.1, 0.15) is 0 Å². The molecule has 0 aliphatic carbocycles. The van der Waals surface area contributed by atoms with Crippen LogP contribution in [-0.2, 0) is 4.74 Å².